The molecule has 2 heteroatoms. The Labute approximate surface area is 292 Å². The number of rotatable bonds is 38. The van der Waals surface area contributed by atoms with Crippen LogP contribution < -0.4 is 0 Å². The van der Waals surface area contributed by atoms with Gasteiger partial charge in [0.2, 0.25) is 0 Å². The van der Waals surface area contributed by atoms with Crippen LogP contribution in [0.15, 0.2) is 12.4 Å². The second kappa shape index (κ2) is 35.6. The van der Waals surface area contributed by atoms with Crippen LogP contribution in [0, 0.1) is 0 Å². The molecule has 0 fully saturated rings. The lowest BCUT2D eigenvalue weighted by atomic mass is 10.0. The first kappa shape index (κ1) is 43.4. The van der Waals surface area contributed by atoms with E-state index in [-0.39, 0.29) is 0 Å². The van der Waals surface area contributed by atoms with Gasteiger partial charge in [-0.1, -0.05) is 226 Å². The normalized spacial score (nSPS) is 14.7. The number of unbranched alkanes of at least 4 members (excludes halogenated alkanes) is 32. The lowest BCUT2D eigenvalue weighted by Gasteiger charge is -2.33. The molecule has 0 amide bonds. The summed E-state index contributed by atoms with van der Waals surface area (Å²) in [5, 5.41) is 0. The van der Waals surface area contributed by atoms with Crippen molar-refractivity contribution < 1.29 is 0 Å². The SMILES string of the molecule is CCCCCCCCCCCCCCCCCCN1C=CN(CCCCCCCCCCCCCCCC)C1CCCCCCC. The summed E-state index contributed by atoms with van der Waals surface area (Å²) in [6, 6.07) is 0. The van der Waals surface area contributed by atoms with Gasteiger partial charge in [-0.15, -0.1) is 0 Å². The first-order valence-electron chi connectivity index (χ1n) is 22.0. The van der Waals surface area contributed by atoms with Gasteiger partial charge in [0.05, 0.1) is 0 Å². The van der Waals surface area contributed by atoms with Gasteiger partial charge in [0.1, 0.15) is 6.17 Å². The minimum absolute atomic E-state index is 0.639. The fourth-order valence-corrected chi connectivity index (χ4v) is 7.60. The molecule has 0 saturated carbocycles. The third kappa shape index (κ3) is 27.3. The molecule has 1 unspecified atom stereocenters. The Kier molecular flexibility index (Phi) is 33.6. The van der Waals surface area contributed by atoms with Crippen LogP contribution in [-0.4, -0.2) is 29.1 Å². The molecule has 1 heterocycles. The summed E-state index contributed by atoms with van der Waals surface area (Å²) < 4.78 is 0. The van der Waals surface area contributed by atoms with Gasteiger partial charge in [0, 0.05) is 25.5 Å². The summed E-state index contributed by atoms with van der Waals surface area (Å²) in [5.74, 6) is 0. The maximum absolute atomic E-state index is 2.72. The average Bonchev–Trinajstić information content (AvgIpc) is 3.45. The van der Waals surface area contributed by atoms with Crippen LogP contribution in [0.4, 0.5) is 0 Å². The summed E-state index contributed by atoms with van der Waals surface area (Å²) >= 11 is 0. The molecular weight excluding hydrogens is 556 g/mol. The molecule has 0 aliphatic carbocycles. The molecular formula is C44H88N2. The highest BCUT2D eigenvalue weighted by atomic mass is 15.4. The van der Waals surface area contributed by atoms with Crippen LogP contribution in [0.5, 0.6) is 0 Å². The summed E-state index contributed by atoms with van der Waals surface area (Å²) in [4.78, 5) is 5.43. The van der Waals surface area contributed by atoms with Gasteiger partial charge in [-0.05, 0) is 25.7 Å². The Balaban J connectivity index is 2.08. The second-order valence-corrected chi connectivity index (χ2v) is 15.4. The molecule has 1 atom stereocenters. The van der Waals surface area contributed by atoms with E-state index < -0.39 is 0 Å². The molecule has 0 spiro atoms. The van der Waals surface area contributed by atoms with Gasteiger partial charge in [-0.3, -0.25) is 0 Å². The maximum atomic E-state index is 2.72. The topological polar surface area (TPSA) is 6.48 Å². The van der Waals surface area contributed by atoms with Crippen LogP contribution >= 0.6 is 0 Å². The third-order valence-electron chi connectivity index (χ3n) is 10.8. The van der Waals surface area contributed by atoms with Crippen molar-refractivity contribution >= 4 is 0 Å². The van der Waals surface area contributed by atoms with E-state index >= 15 is 0 Å². The van der Waals surface area contributed by atoms with Gasteiger partial charge >= 0.3 is 0 Å². The maximum Gasteiger partial charge on any atom is 0.101 e. The third-order valence-corrected chi connectivity index (χ3v) is 10.8. The van der Waals surface area contributed by atoms with E-state index in [0.717, 1.165) is 0 Å². The highest BCUT2D eigenvalue weighted by Crippen LogP contribution is 2.24. The van der Waals surface area contributed by atoms with Crippen molar-refractivity contribution in [3.63, 3.8) is 0 Å². The zero-order valence-corrected chi connectivity index (χ0v) is 32.5. The molecule has 46 heavy (non-hydrogen) atoms. The molecule has 1 aliphatic rings. The van der Waals surface area contributed by atoms with Crippen LogP contribution in [-0.2, 0) is 0 Å². The molecule has 1 rings (SSSR count). The smallest absolute Gasteiger partial charge is 0.101 e. The van der Waals surface area contributed by atoms with Crippen molar-refractivity contribution in [1.29, 1.82) is 0 Å². The van der Waals surface area contributed by atoms with Gasteiger partial charge in [-0.25, -0.2) is 0 Å². The summed E-state index contributed by atoms with van der Waals surface area (Å²) in [6.07, 6.45) is 57.4. The van der Waals surface area contributed by atoms with E-state index in [1.165, 1.54) is 244 Å². The van der Waals surface area contributed by atoms with E-state index in [2.05, 4.69) is 43.0 Å². The molecule has 0 N–H and O–H groups in total. The van der Waals surface area contributed by atoms with Crippen molar-refractivity contribution in [2.75, 3.05) is 13.1 Å². The minimum Gasteiger partial charge on any atom is -0.356 e. The standard InChI is InChI=1S/C44H88N2/c1-4-7-10-13-15-17-19-21-23-24-26-28-30-32-35-38-41-46-43-42-45(44(46)39-36-33-12-9-6-3)40-37-34-31-29-27-25-22-20-18-16-14-11-8-5-2/h42-44H,4-41H2,1-3H3. The molecule has 274 valence electrons. The monoisotopic (exact) mass is 645 g/mol. The van der Waals surface area contributed by atoms with Gasteiger partial charge in [0.15, 0.2) is 0 Å². The van der Waals surface area contributed by atoms with Crippen LogP contribution in [0.1, 0.15) is 252 Å². The van der Waals surface area contributed by atoms with Crippen molar-refractivity contribution in [3.8, 4) is 0 Å². The molecule has 1 aliphatic heterocycles. The Morgan fingerprint density at radius 3 is 0.761 bits per heavy atom. The van der Waals surface area contributed by atoms with E-state index in [4.69, 9.17) is 0 Å². The van der Waals surface area contributed by atoms with Crippen LogP contribution in [0.3, 0.4) is 0 Å². The Morgan fingerprint density at radius 1 is 0.283 bits per heavy atom. The fraction of sp³-hybridized carbons (Fsp3) is 0.955. The first-order chi connectivity index (χ1) is 22.8. The molecule has 0 saturated heterocycles. The summed E-state index contributed by atoms with van der Waals surface area (Å²) in [6.45, 7) is 9.49. The fourth-order valence-electron chi connectivity index (χ4n) is 7.60. The van der Waals surface area contributed by atoms with Crippen molar-refractivity contribution in [3.05, 3.63) is 12.4 Å². The van der Waals surface area contributed by atoms with E-state index in [0.29, 0.717) is 6.17 Å². The highest BCUT2D eigenvalue weighted by molar-refractivity contribution is 4.97. The lowest BCUT2D eigenvalue weighted by molar-refractivity contribution is 0.135. The van der Waals surface area contributed by atoms with Gasteiger partial charge < -0.3 is 9.80 Å². The highest BCUT2D eigenvalue weighted by Gasteiger charge is 2.24. The minimum atomic E-state index is 0.639. The van der Waals surface area contributed by atoms with Gasteiger partial charge in [0.25, 0.3) is 0 Å². The quantitative estimate of drug-likeness (QED) is 0.0617. The van der Waals surface area contributed by atoms with Crippen LogP contribution in [0.2, 0.25) is 0 Å². The van der Waals surface area contributed by atoms with Crippen molar-refractivity contribution in [2.24, 2.45) is 0 Å². The van der Waals surface area contributed by atoms with E-state index in [1.54, 1.807) is 0 Å². The number of hydrogen-bond acceptors (Lipinski definition) is 2. The van der Waals surface area contributed by atoms with Crippen molar-refractivity contribution in [1.82, 2.24) is 9.80 Å². The number of nitrogens with zero attached hydrogens (tertiary/aromatic N) is 2. The predicted molar refractivity (Wildman–Crippen MR) is 210 cm³/mol. The zero-order chi connectivity index (χ0) is 33.0. The van der Waals surface area contributed by atoms with Gasteiger partial charge in [-0.2, -0.15) is 0 Å². The van der Waals surface area contributed by atoms with Crippen molar-refractivity contribution in [2.45, 2.75) is 258 Å². The van der Waals surface area contributed by atoms with E-state index in [9.17, 15) is 0 Å². The van der Waals surface area contributed by atoms with E-state index in [1.807, 2.05) is 0 Å². The molecule has 2 nitrogen and oxygen atoms in total. The molecule has 0 aromatic heterocycles. The first-order valence-corrected chi connectivity index (χ1v) is 22.0. The molecule has 0 bridgehead atoms. The predicted octanol–water partition coefficient (Wildman–Crippen LogP) is 15.5. The zero-order valence-electron chi connectivity index (χ0n) is 32.5. The Morgan fingerprint density at radius 2 is 0.500 bits per heavy atom. The molecule has 0 aromatic rings. The summed E-state index contributed by atoms with van der Waals surface area (Å²) in [7, 11) is 0. The second-order valence-electron chi connectivity index (χ2n) is 15.4. The Hall–Kier alpha value is -0.660. The molecule has 0 aromatic carbocycles. The summed E-state index contributed by atoms with van der Waals surface area (Å²) in [5.41, 5.74) is 0. The van der Waals surface area contributed by atoms with Crippen LogP contribution in [0.25, 0.3) is 0 Å². The largest absolute Gasteiger partial charge is 0.356 e. The molecule has 0 radical (unpaired) electrons. The Bertz CT molecular complexity index is 601. The average molecular weight is 645 g/mol. The number of hydrogen-bond donors (Lipinski definition) is 0. The lowest BCUT2D eigenvalue weighted by Crippen LogP contribution is -2.39.